The highest BCUT2D eigenvalue weighted by Crippen LogP contribution is 2.25. The highest BCUT2D eigenvalue weighted by molar-refractivity contribution is 7.13. The van der Waals surface area contributed by atoms with E-state index < -0.39 is 0 Å². The lowest BCUT2D eigenvalue weighted by atomic mass is 9.98. The summed E-state index contributed by atoms with van der Waals surface area (Å²) in [5.41, 5.74) is 2.37. The lowest BCUT2D eigenvalue weighted by Crippen LogP contribution is -2.35. The van der Waals surface area contributed by atoms with Crippen molar-refractivity contribution in [2.45, 2.75) is 19.4 Å². The number of nitrogens with zero attached hydrogens (tertiary/aromatic N) is 4. The average Bonchev–Trinajstić information content (AvgIpc) is 3.17. The fourth-order valence-electron chi connectivity index (χ4n) is 3.20. The molecule has 6 heteroatoms. The van der Waals surface area contributed by atoms with Gasteiger partial charge in [-0.3, -0.25) is 9.88 Å². The molecule has 0 unspecified atom stereocenters. The molecule has 0 aliphatic carbocycles. The summed E-state index contributed by atoms with van der Waals surface area (Å²) in [5, 5.41) is 3.29. The number of hydrogen-bond acceptors (Lipinski definition) is 6. The van der Waals surface area contributed by atoms with Crippen molar-refractivity contribution in [2.24, 2.45) is 5.92 Å². The molecule has 1 aromatic carbocycles. The van der Waals surface area contributed by atoms with Gasteiger partial charge in [-0.2, -0.15) is 0 Å². The van der Waals surface area contributed by atoms with Crippen molar-refractivity contribution in [3.05, 3.63) is 60.0 Å². The van der Waals surface area contributed by atoms with Gasteiger partial charge in [0.25, 0.3) is 0 Å². The van der Waals surface area contributed by atoms with Crippen LogP contribution >= 0.6 is 11.3 Å². The molecule has 4 rings (SSSR count). The van der Waals surface area contributed by atoms with E-state index in [1.165, 1.54) is 11.3 Å². The molecule has 0 radical (unpaired) electrons. The fourth-order valence-corrected chi connectivity index (χ4v) is 4.01. The molecule has 5 nitrogen and oxygen atoms in total. The number of rotatable bonds is 6. The minimum absolute atomic E-state index is 0.587. The zero-order valence-electron chi connectivity index (χ0n) is 14.6. The van der Waals surface area contributed by atoms with Crippen LogP contribution in [0, 0.1) is 5.92 Å². The number of aromatic nitrogens is 3. The third-order valence-electron chi connectivity index (χ3n) is 4.67. The maximum absolute atomic E-state index is 5.75. The van der Waals surface area contributed by atoms with E-state index in [-0.39, 0.29) is 0 Å². The molecule has 0 amide bonds. The Kier molecular flexibility index (Phi) is 5.52. The van der Waals surface area contributed by atoms with E-state index >= 15 is 0 Å². The summed E-state index contributed by atoms with van der Waals surface area (Å²) in [7, 11) is 0. The molecule has 3 aromatic rings. The molecule has 0 atom stereocenters. The number of benzene rings is 1. The third kappa shape index (κ3) is 4.45. The Bertz CT molecular complexity index is 801. The van der Waals surface area contributed by atoms with Crippen LogP contribution in [0.2, 0.25) is 0 Å². The van der Waals surface area contributed by atoms with Crippen molar-refractivity contribution in [2.75, 3.05) is 19.7 Å². The quantitative estimate of drug-likeness (QED) is 0.662. The zero-order valence-corrected chi connectivity index (χ0v) is 15.4. The summed E-state index contributed by atoms with van der Waals surface area (Å²) in [6.45, 7) is 3.84. The van der Waals surface area contributed by atoms with Gasteiger partial charge in [-0.15, -0.1) is 11.3 Å². The predicted molar refractivity (Wildman–Crippen MR) is 103 cm³/mol. The van der Waals surface area contributed by atoms with Crippen LogP contribution in [0.1, 0.15) is 18.5 Å². The smallest absolute Gasteiger partial charge is 0.232 e. The number of piperidine rings is 1. The summed E-state index contributed by atoms with van der Waals surface area (Å²) in [4.78, 5) is 15.5. The lowest BCUT2D eigenvalue weighted by Gasteiger charge is -2.31. The summed E-state index contributed by atoms with van der Waals surface area (Å²) in [6.07, 6.45) is 7.29. The largest absolute Gasteiger partial charge is 0.476 e. The SMILES string of the molecule is c1ccc(-c2nc(CN3CCC(COc4cnccn4)CC3)cs2)cc1. The Hall–Kier alpha value is -2.31. The Morgan fingerprint density at radius 1 is 1.12 bits per heavy atom. The topological polar surface area (TPSA) is 51.1 Å². The van der Waals surface area contributed by atoms with Gasteiger partial charge in [-0.1, -0.05) is 30.3 Å². The van der Waals surface area contributed by atoms with Gasteiger partial charge in [-0.05, 0) is 31.8 Å². The van der Waals surface area contributed by atoms with E-state index in [1.54, 1.807) is 29.9 Å². The van der Waals surface area contributed by atoms with Crippen molar-refractivity contribution in [1.29, 1.82) is 0 Å². The summed E-state index contributed by atoms with van der Waals surface area (Å²) in [6, 6.07) is 10.4. The molecule has 1 aliphatic rings. The Morgan fingerprint density at radius 2 is 1.96 bits per heavy atom. The van der Waals surface area contributed by atoms with Crippen LogP contribution in [-0.4, -0.2) is 39.5 Å². The summed E-state index contributed by atoms with van der Waals surface area (Å²) >= 11 is 1.73. The maximum atomic E-state index is 5.75. The van der Waals surface area contributed by atoms with E-state index in [4.69, 9.17) is 9.72 Å². The van der Waals surface area contributed by atoms with Crippen molar-refractivity contribution in [3.8, 4) is 16.5 Å². The predicted octanol–water partition coefficient (Wildman–Crippen LogP) is 3.89. The Morgan fingerprint density at radius 3 is 2.73 bits per heavy atom. The lowest BCUT2D eigenvalue weighted by molar-refractivity contribution is 0.133. The van der Waals surface area contributed by atoms with Gasteiger partial charge in [0.1, 0.15) is 5.01 Å². The number of ether oxygens (including phenoxy) is 1. The molecule has 2 aromatic heterocycles. The molecule has 3 heterocycles. The second-order valence-electron chi connectivity index (χ2n) is 6.58. The summed E-state index contributed by atoms with van der Waals surface area (Å²) < 4.78 is 5.75. The van der Waals surface area contributed by atoms with Gasteiger partial charge < -0.3 is 4.74 Å². The highest BCUT2D eigenvalue weighted by Gasteiger charge is 2.20. The second kappa shape index (κ2) is 8.38. The minimum Gasteiger partial charge on any atom is -0.476 e. The number of hydrogen-bond donors (Lipinski definition) is 0. The highest BCUT2D eigenvalue weighted by atomic mass is 32.1. The van der Waals surface area contributed by atoms with E-state index in [2.05, 4.69) is 44.5 Å². The first-order valence-electron chi connectivity index (χ1n) is 8.98. The molecule has 0 bridgehead atoms. The molecule has 134 valence electrons. The zero-order chi connectivity index (χ0) is 17.6. The maximum Gasteiger partial charge on any atom is 0.232 e. The number of thiazole rings is 1. The second-order valence-corrected chi connectivity index (χ2v) is 7.44. The van der Waals surface area contributed by atoms with Gasteiger partial charge >= 0.3 is 0 Å². The fraction of sp³-hybridized carbons (Fsp3) is 0.350. The monoisotopic (exact) mass is 366 g/mol. The molecule has 0 N–H and O–H groups in total. The molecule has 1 saturated heterocycles. The van der Waals surface area contributed by atoms with E-state index in [0.717, 1.165) is 44.1 Å². The summed E-state index contributed by atoms with van der Waals surface area (Å²) in [5.74, 6) is 1.20. The van der Waals surface area contributed by atoms with E-state index in [1.807, 2.05) is 6.07 Å². The Labute approximate surface area is 157 Å². The van der Waals surface area contributed by atoms with Crippen LogP contribution in [0.4, 0.5) is 0 Å². The Balaban J connectivity index is 1.25. The molecule has 0 spiro atoms. The van der Waals surface area contributed by atoms with Crippen LogP contribution in [0.25, 0.3) is 10.6 Å². The average molecular weight is 366 g/mol. The van der Waals surface area contributed by atoms with Gasteiger partial charge in [0.2, 0.25) is 5.88 Å². The molecule has 26 heavy (non-hydrogen) atoms. The molecule has 0 saturated carbocycles. The first-order chi connectivity index (χ1) is 12.9. The van der Waals surface area contributed by atoms with Gasteiger partial charge in [0.05, 0.1) is 18.5 Å². The number of likely N-dealkylation sites (tertiary alicyclic amines) is 1. The van der Waals surface area contributed by atoms with Crippen LogP contribution in [0.5, 0.6) is 5.88 Å². The van der Waals surface area contributed by atoms with Crippen molar-refractivity contribution >= 4 is 11.3 Å². The molecule has 1 fully saturated rings. The van der Waals surface area contributed by atoms with Crippen LogP contribution in [-0.2, 0) is 6.54 Å². The normalized spacial score (nSPS) is 15.8. The first-order valence-corrected chi connectivity index (χ1v) is 9.86. The van der Waals surface area contributed by atoms with Gasteiger partial charge in [0, 0.05) is 29.9 Å². The van der Waals surface area contributed by atoms with Crippen LogP contribution < -0.4 is 4.74 Å². The van der Waals surface area contributed by atoms with Crippen molar-refractivity contribution in [3.63, 3.8) is 0 Å². The van der Waals surface area contributed by atoms with E-state index in [9.17, 15) is 0 Å². The van der Waals surface area contributed by atoms with Gasteiger partial charge in [0.15, 0.2) is 0 Å². The molecule has 1 aliphatic heterocycles. The molecular weight excluding hydrogens is 344 g/mol. The minimum atomic E-state index is 0.587. The van der Waals surface area contributed by atoms with Crippen LogP contribution in [0.3, 0.4) is 0 Å². The standard InChI is InChI=1S/C20H22N4OS/c1-2-4-17(5-3-1)20-23-18(15-26-20)13-24-10-6-16(7-11-24)14-25-19-12-21-8-9-22-19/h1-5,8-9,12,15-16H,6-7,10-11,13-14H2. The molecular formula is C20H22N4OS. The van der Waals surface area contributed by atoms with Gasteiger partial charge in [-0.25, -0.2) is 9.97 Å². The third-order valence-corrected chi connectivity index (χ3v) is 5.61. The van der Waals surface area contributed by atoms with Crippen molar-refractivity contribution < 1.29 is 4.74 Å². The van der Waals surface area contributed by atoms with Crippen LogP contribution in [0.15, 0.2) is 54.3 Å². The van der Waals surface area contributed by atoms with Crippen molar-refractivity contribution in [1.82, 2.24) is 19.9 Å². The van der Waals surface area contributed by atoms with E-state index in [0.29, 0.717) is 11.8 Å². The first kappa shape index (κ1) is 17.1.